The summed E-state index contributed by atoms with van der Waals surface area (Å²) in [5.41, 5.74) is 3.11. The van der Waals surface area contributed by atoms with Crippen molar-refractivity contribution in [1.29, 1.82) is 0 Å². The maximum Gasteiger partial charge on any atom is 0.161 e. The predicted octanol–water partition coefficient (Wildman–Crippen LogP) is 1.20. The van der Waals surface area contributed by atoms with Gasteiger partial charge >= 0.3 is 0 Å². The Balaban J connectivity index is 1.71. The van der Waals surface area contributed by atoms with Crippen LogP contribution in [-0.4, -0.2) is 51.2 Å². The number of anilines is 2. The molecule has 8 heteroatoms. The molecule has 0 bridgehead atoms. The van der Waals surface area contributed by atoms with E-state index in [2.05, 4.69) is 27.1 Å². The topological polar surface area (TPSA) is 78.6 Å². The molecule has 1 fully saturated rings. The second-order valence-corrected chi connectivity index (χ2v) is 7.00. The maximum absolute atomic E-state index is 9.81. The van der Waals surface area contributed by atoms with Gasteiger partial charge < -0.3 is 15.3 Å². The van der Waals surface area contributed by atoms with Crippen molar-refractivity contribution in [3.05, 3.63) is 42.4 Å². The highest BCUT2D eigenvalue weighted by Gasteiger charge is 2.24. The molecule has 4 heterocycles. The minimum atomic E-state index is 0.132. The van der Waals surface area contributed by atoms with Crippen LogP contribution in [0.15, 0.2) is 36.8 Å². The summed E-state index contributed by atoms with van der Waals surface area (Å²) in [6.07, 6.45) is 8.81. The fraction of sp³-hybridized carbons (Fsp3) is 0.421. The van der Waals surface area contributed by atoms with Gasteiger partial charge in [0.05, 0.1) is 12.6 Å². The van der Waals surface area contributed by atoms with E-state index in [1.165, 1.54) is 0 Å². The highest BCUT2D eigenvalue weighted by Crippen LogP contribution is 2.26. The zero-order valence-electron chi connectivity index (χ0n) is 15.7. The van der Waals surface area contributed by atoms with Crippen LogP contribution in [-0.2, 0) is 6.54 Å². The van der Waals surface area contributed by atoms with Gasteiger partial charge in [0.25, 0.3) is 0 Å². The lowest BCUT2D eigenvalue weighted by Crippen LogP contribution is -2.42. The Bertz CT molecular complexity index is 900. The number of hydrogen-bond acceptors (Lipinski definition) is 6. The van der Waals surface area contributed by atoms with Crippen LogP contribution < -0.4 is 15.7 Å². The second kappa shape index (κ2) is 7.96. The van der Waals surface area contributed by atoms with Gasteiger partial charge in [0.1, 0.15) is 11.6 Å². The summed E-state index contributed by atoms with van der Waals surface area (Å²) in [7, 11) is 0.880. The van der Waals surface area contributed by atoms with Crippen molar-refractivity contribution >= 4 is 30.0 Å². The molecule has 2 N–H and O–H groups in total. The van der Waals surface area contributed by atoms with Gasteiger partial charge in [-0.3, -0.25) is 4.98 Å². The third kappa shape index (κ3) is 3.62. The monoisotopic (exact) mass is 364 g/mol. The van der Waals surface area contributed by atoms with Gasteiger partial charge in [-0.1, -0.05) is 12.9 Å². The molecule has 0 saturated carbocycles. The molecule has 140 valence electrons. The lowest BCUT2D eigenvalue weighted by atomic mass is 9.75. The first-order chi connectivity index (χ1) is 13.3. The smallest absolute Gasteiger partial charge is 0.161 e. The molecule has 1 aliphatic rings. The number of hydrogen-bond donors (Lipinski definition) is 2. The number of rotatable bonds is 6. The Kier molecular flexibility index (Phi) is 5.24. The number of aliphatic hydroxyl groups is 1. The van der Waals surface area contributed by atoms with E-state index in [0.29, 0.717) is 6.54 Å². The first-order valence-corrected chi connectivity index (χ1v) is 9.68. The van der Waals surface area contributed by atoms with Crippen molar-refractivity contribution in [2.45, 2.75) is 38.7 Å². The van der Waals surface area contributed by atoms with Gasteiger partial charge in [-0.15, -0.1) is 0 Å². The first kappa shape index (κ1) is 17.8. The zero-order chi connectivity index (χ0) is 18.6. The van der Waals surface area contributed by atoms with Crippen LogP contribution in [0.5, 0.6) is 0 Å². The van der Waals surface area contributed by atoms with Crippen molar-refractivity contribution in [2.75, 3.05) is 23.4 Å². The van der Waals surface area contributed by atoms with Crippen LogP contribution >= 0.6 is 0 Å². The maximum atomic E-state index is 9.81. The highest BCUT2D eigenvalue weighted by molar-refractivity contribution is 6.54. The minimum Gasteiger partial charge on any atom is -0.394 e. The van der Waals surface area contributed by atoms with Gasteiger partial charge in [-0.2, -0.15) is 9.61 Å². The number of piperidine rings is 1. The lowest BCUT2D eigenvalue weighted by Gasteiger charge is -2.35. The summed E-state index contributed by atoms with van der Waals surface area (Å²) in [6, 6.07) is 6.16. The molecule has 0 spiro atoms. The molecule has 27 heavy (non-hydrogen) atoms. The van der Waals surface area contributed by atoms with Gasteiger partial charge in [-0.05, 0) is 36.4 Å². The molecular weight excluding hydrogens is 339 g/mol. The van der Waals surface area contributed by atoms with Gasteiger partial charge in [0, 0.05) is 37.7 Å². The largest absolute Gasteiger partial charge is 0.394 e. The third-order valence-corrected chi connectivity index (χ3v) is 5.24. The Morgan fingerprint density at radius 2 is 2.26 bits per heavy atom. The molecule has 3 aromatic heterocycles. The SMILES string of the molecule is CBc1cnn2c(NCc3cccnc3)cc(N3CCCCC3CO)nc12. The molecule has 1 aliphatic heterocycles. The molecule has 0 aromatic carbocycles. The summed E-state index contributed by atoms with van der Waals surface area (Å²) in [4.78, 5) is 11.3. The van der Waals surface area contributed by atoms with E-state index in [9.17, 15) is 5.11 Å². The zero-order valence-corrected chi connectivity index (χ0v) is 15.7. The minimum absolute atomic E-state index is 0.132. The Labute approximate surface area is 159 Å². The number of aliphatic hydroxyl groups excluding tert-OH is 1. The van der Waals surface area contributed by atoms with Crippen LogP contribution in [0.1, 0.15) is 24.8 Å². The molecule has 0 amide bonds. The van der Waals surface area contributed by atoms with E-state index in [-0.39, 0.29) is 12.6 Å². The molecular formula is C19H25BN6O. The van der Waals surface area contributed by atoms with E-state index in [0.717, 1.165) is 61.4 Å². The average molecular weight is 364 g/mol. The molecule has 4 rings (SSSR count). The van der Waals surface area contributed by atoms with Crippen LogP contribution in [0.3, 0.4) is 0 Å². The number of nitrogens with zero attached hydrogens (tertiary/aromatic N) is 5. The summed E-state index contributed by atoms with van der Waals surface area (Å²) < 4.78 is 1.87. The normalized spacial score (nSPS) is 17.3. The fourth-order valence-corrected chi connectivity index (χ4v) is 3.71. The Morgan fingerprint density at radius 1 is 1.33 bits per heavy atom. The van der Waals surface area contributed by atoms with Crippen LogP contribution in [0.4, 0.5) is 11.6 Å². The Hall–Kier alpha value is -2.61. The van der Waals surface area contributed by atoms with Crippen molar-refractivity contribution < 1.29 is 5.11 Å². The number of pyridine rings is 1. The quantitative estimate of drug-likeness (QED) is 0.640. The summed E-state index contributed by atoms with van der Waals surface area (Å²) >= 11 is 0. The molecule has 1 saturated heterocycles. The standard InChI is InChI=1S/C19H25BN6O/c1-20-16-12-23-26-17(22-11-14-5-4-7-21-10-14)9-18(24-19(16)26)25-8-3-2-6-15(25)13-27/h4-5,7,9-10,12,15,20,22,27H,2-3,6,8,11,13H2,1H3. The van der Waals surface area contributed by atoms with E-state index in [4.69, 9.17) is 4.98 Å². The summed E-state index contributed by atoms with van der Waals surface area (Å²) in [5.74, 6) is 1.81. The fourth-order valence-electron chi connectivity index (χ4n) is 3.71. The third-order valence-electron chi connectivity index (χ3n) is 5.24. The van der Waals surface area contributed by atoms with Crippen molar-refractivity contribution in [1.82, 2.24) is 19.6 Å². The molecule has 3 aromatic rings. The van der Waals surface area contributed by atoms with Gasteiger partial charge in [-0.25, -0.2) is 4.98 Å². The van der Waals surface area contributed by atoms with E-state index in [1.54, 1.807) is 6.20 Å². The van der Waals surface area contributed by atoms with Crippen LogP contribution in [0.2, 0.25) is 6.82 Å². The van der Waals surface area contributed by atoms with E-state index >= 15 is 0 Å². The average Bonchev–Trinajstić information content (AvgIpc) is 3.16. The van der Waals surface area contributed by atoms with Gasteiger partial charge in [0.15, 0.2) is 12.9 Å². The van der Waals surface area contributed by atoms with Crippen LogP contribution in [0, 0.1) is 0 Å². The van der Waals surface area contributed by atoms with Crippen molar-refractivity contribution in [3.8, 4) is 0 Å². The predicted molar refractivity (Wildman–Crippen MR) is 109 cm³/mol. The van der Waals surface area contributed by atoms with E-state index in [1.807, 2.05) is 35.1 Å². The van der Waals surface area contributed by atoms with Crippen molar-refractivity contribution in [2.24, 2.45) is 0 Å². The molecule has 0 radical (unpaired) electrons. The van der Waals surface area contributed by atoms with Crippen molar-refractivity contribution in [3.63, 3.8) is 0 Å². The van der Waals surface area contributed by atoms with Gasteiger partial charge in [0.2, 0.25) is 0 Å². The summed E-state index contributed by atoms with van der Waals surface area (Å²) in [6.45, 7) is 3.86. The molecule has 1 atom stereocenters. The highest BCUT2D eigenvalue weighted by atomic mass is 16.3. The number of nitrogens with one attached hydrogen (secondary N) is 1. The van der Waals surface area contributed by atoms with Crippen LogP contribution in [0.25, 0.3) is 5.65 Å². The number of aromatic nitrogens is 4. The second-order valence-electron chi connectivity index (χ2n) is 7.00. The van der Waals surface area contributed by atoms with E-state index < -0.39 is 0 Å². The molecule has 1 unspecified atom stereocenters. The lowest BCUT2D eigenvalue weighted by molar-refractivity contribution is 0.239. The first-order valence-electron chi connectivity index (χ1n) is 9.68. The number of fused-ring (bicyclic) bond motifs is 1. The molecule has 7 nitrogen and oxygen atoms in total. The summed E-state index contributed by atoms with van der Waals surface area (Å²) in [5, 5.41) is 17.8. The molecule has 0 aliphatic carbocycles. The Morgan fingerprint density at radius 3 is 3.04 bits per heavy atom.